The van der Waals surface area contributed by atoms with Gasteiger partial charge in [0.05, 0.1) is 13.2 Å². The van der Waals surface area contributed by atoms with Crippen LogP contribution in [-0.4, -0.2) is 36.7 Å². The Kier molecular flexibility index (Phi) is 6.13. The quantitative estimate of drug-likeness (QED) is 0.477. The first kappa shape index (κ1) is 19.7. The van der Waals surface area contributed by atoms with Crippen LogP contribution in [0.15, 0.2) is 35.3 Å². The van der Waals surface area contributed by atoms with E-state index in [-0.39, 0.29) is 11.7 Å². The third-order valence-electron chi connectivity index (χ3n) is 4.51. The van der Waals surface area contributed by atoms with E-state index in [4.69, 9.17) is 15.9 Å². The van der Waals surface area contributed by atoms with Gasteiger partial charge in [-0.15, -0.1) is 0 Å². The van der Waals surface area contributed by atoms with Crippen LogP contribution in [0, 0.1) is 5.41 Å². The van der Waals surface area contributed by atoms with Crippen molar-refractivity contribution in [2.24, 2.45) is 10.7 Å². The van der Waals surface area contributed by atoms with Crippen molar-refractivity contribution in [3.63, 3.8) is 0 Å². The van der Waals surface area contributed by atoms with Crippen molar-refractivity contribution in [2.45, 2.75) is 26.6 Å². The number of amides is 1. The maximum atomic E-state index is 13.1. The minimum absolute atomic E-state index is 0.0992. The molecule has 0 aliphatic carbocycles. The van der Waals surface area contributed by atoms with Gasteiger partial charge in [-0.3, -0.25) is 15.1 Å². The average Bonchev–Trinajstić information content (AvgIpc) is 3.04. The number of nitrogens with one attached hydrogen (secondary N) is 2. The van der Waals surface area contributed by atoms with Gasteiger partial charge >= 0.3 is 0 Å². The number of carbonyl (C=O) groups excluding carboxylic acids is 1. The molecule has 146 valence electrons. The van der Waals surface area contributed by atoms with E-state index in [1.165, 1.54) is 0 Å². The normalized spacial score (nSPS) is 13.7. The topological polar surface area (TPSA) is 117 Å². The van der Waals surface area contributed by atoms with Crippen molar-refractivity contribution in [1.29, 1.82) is 5.41 Å². The number of benzene rings is 1. The standard InChI is InChI=1S/C20H24N6O2/c1-3-28-11-13-7-14(9-23-2)16-10-26(20(27)15(16)8-13)18-6-4-5-17(25-18)19(22)24-12-21/h4-8,12,23H,3,9-11H2,1-2H3,(H3,21,22,24). The van der Waals surface area contributed by atoms with Crippen LogP contribution in [0.25, 0.3) is 0 Å². The van der Waals surface area contributed by atoms with Crippen LogP contribution in [0.2, 0.25) is 0 Å². The van der Waals surface area contributed by atoms with Crippen molar-refractivity contribution < 1.29 is 9.53 Å². The van der Waals surface area contributed by atoms with Crippen LogP contribution in [0.4, 0.5) is 5.82 Å². The number of ether oxygens (including phenoxy) is 1. The summed E-state index contributed by atoms with van der Waals surface area (Å²) in [4.78, 5) is 23.0. The predicted octanol–water partition coefficient (Wildman–Crippen LogP) is 1.81. The third kappa shape index (κ3) is 3.92. The molecule has 0 spiro atoms. The van der Waals surface area contributed by atoms with Crippen molar-refractivity contribution in [1.82, 2.24) is 10.3 Å². The molecule has 0 saturated carbocycles. The smallest absolute Gasteiger partial charge is 0.260 e. The van der Waals surface area contributed by atoms with Crippen molar-refractivity contribution in [3.05, 3.63) is 58.3 Å². The first-order valence-electron chi connectivity index (χ1n) is 9.07. The summed E-state index contributed by atoms with van der Waals surface area (Å²) >= 11 is 0. The molecule has 0 fully saturated rings. The molecule has 1 aliphatic heterocycles. The highest BCUT2D eigenvalue weighted by molar-refractivity contribution is 6.10. The first-order valence-corrected chi connectivity index (χ1v) is 9.07. The molecule has 2 heterocycles. The fourth-order valence-corrected chi connectivity index (χ4v) is 3.24. The summed E-state index contributed by atoms with van der Waals surface area (Å²) in [5.74, 6) is 0.539. The van der Waals surface area contributed by atoms with Crippen LogP contribution >= 0.6 is 0 Å². The van der Waals surface area contributed by atoms with Crippen molar-refractivity contribution >= 4 is 23.9 Å². The Labute approximate surface area is 163 Å². The molecule has 2 aromatic rings. The zero-order valence-corrected chi connectivity index (χ0v) is 16.0. The highest BCUT2D eigenvalue weighted by atomic mass is 16.5. The van der Waals surface area contributed by atoms with Crippen molar-refractivity contribution in [3.8, 4) is 0 Å². The second kappa shape index (κ2) is 8.73. The van der Waals surface area contributed by atoms with E-state index >= 15 is 0 Å². The summed E-state index contributed by atoms with van der Waals surface area (Å²) in [5, 5.41) is 10.2. The molecular formula is C20H24N6O2. The number of carbonyl (C=O) groups is 1. The summed E-state index contributed by atoms with van der Waals surface area (Å²) in [5.41, 5.74) is 9.98. The lowest BCUT2D eigenvalue weighted by molar-refractivity contribution is 0.0995. The molecule has 1 aliphatic rings. The number of fused-ring (bicyclic) bond motifs is 1. The molecule has 28 heavy (non-hydrogen) atoms. The van der Waals surface area contributed by atoms with E-state index in [9.17, 15) is 4.79 Å². The molecule has 0 radical (unpaired) electrons. The number of rotatable bonds is 8. The lowest BCUT2D eigenvalue weighted by atomic mass is 9.99. The molecule has 8 nitrogen and oxygen atoms in total. The highest BCUT2D eigenvalue weighted by Crippen LogP contribution is 2.31. The second-order valence-corrected chi connectivity index (χ2v) is 6.36. The lowest BCUT2D eigenvalue weighted by Crippen LogP contribution is -2.25. The zero-order chi connectivity index (χ0) is 20.1. The summed E-state index contributed by atoms with van der Waals surface area (Å²) < 4.78 is 5.52. The van der Waals surface area contributed by atoms with Gasteiger partial charge in [0.1, 0.15) is 17.9 Å². The van der Waals surface area contributed by atoms with Gasteiger partial charge in [0.25, 0.3) is 5.91 Å². The Morgan fingerprint density at radius 1 is 1.46 bits per heavy atom. The van der Waals surface area contributed by atoms with Gasteiger partial charge in [-0.25, -0.2) is 9.98 Å². The molecule has 1 aromatic heterocycles. The van der Waals surface area contributed by atoms with E-state index in [1.54, 1.807) is 23.1 Å². The summed E-state index contributed by atoms with van der Waals surface area (Å²) in [6.07, 6.45) is 0.866. The third-order valence-corrected chi connectivity index (χ3v) is 4.51. The fraction of sp³-hybridized carbons (Fsp3) is 0.300. The van der Waals surface area contributed by atoms with Gasteiger partial charge in [-0.05, 0) is 48.9 Å². The first-order chi connectivity index (χ1) is 13.6. The Hall–Kier alpha value is -3.10. The monoisotopic (exact) mass is 380 g/mol. The van der Waals surface area contributed by atoms with E-state index in [2.05, 4.69) is 21.4 Å². The van der Waals surface area contributed by atoms with Crippen LogP contribution in [0.3, 0.4) is 0 Å². The van der Waals surface area contributed by atoms with Gasteiger partial charge in [0, 0.05) is 18.7 Å². The van der Waals surface area contributed by atoms with Crippen LogP contribution in [-0.2, 0) is 24.4 Å². The minimum atomic E-state index is -0.0992. The lowest BCUT2D eigenvalue weighted by Gasteiger charge is -2.15. The van der Waals surface area contributed by atoms with E-state index < -0.39 is 0 Å². The Morgan fingerprint density at radius 3 is 3.00 bits per heavy atom. The highest BCUT2D eigenvalue weighted by Gasteiger charge is 2.31. The Bertz CT molecular complexity index is 925. The molecule has 3 rings (SSSR count). The number of anilines is 1. The molecule has 0 bridgehead atoms. The van der Waals surface area contributed by atoms with E-state index in [0.717, 1.165) is 23.0 Å². The number of pyridine rings is 1. The molecule has 0 atom stereocenters. The average molecular weight is 380 g/mol. The van der Waals surface area contributed by atoms with Gasteiger partial charge in [-0.2, -0.15) is 0 Å². The van der Waals surface area contributed by atoms with Gasteiger partial charge in [0.15, 0.2) is 5.84 Å². The van der Waals surface area contributed by atoms with E-state index in [0.29, 0.717) is 43.4 Å². The summed E-state index contributed by atoms with van der Waals surface area (Å²) in [6, 6.07) is 9.23. The summed E-state index contributed by atoms with van der Waals surface area (Å²) in [6.45, 7) is 4.14. The van der Waals surface area contributed by atoms with Gasteiger partial charge in [0.2, 0.25) is 0 Å². The zero-order valence-electron chi connectivity index (χ0n) is 16.0. The number of hydrogen-bond acceptors (Lipinski definition) is 5. The number of aromatic nitrogens is 1. The molecule has 8 heteroatoms. The fourth-order valence-electron chi connectivity index (χ4n) is 3.24. The maximum absolute atomic E-state index is 13.1. The number of aliphatic imine (C=N–C) groups is 1. The van der Waals surface area contributed by atoms with Crippen LogP contribution in [0.5, 0.6) is 0 Å². The largest absolute Gasteiger partial charge is 0.382 e. The SMILES string of the molecule is CCOCc1cc(CNC)c2c(c1)C(=O)N(c1cccc(C(N)=NC=N)n1)C2. The number of nitrogens with zero attached hydrogens (tertiary/aromatic N) is 3. The molecule has 0 unspecified atom stereocenters. The Morgan fingerprint density at radius 2 is 2.29 bits per heavy atom. The molecular weight excluding hydrogens is 356 g/mol. The predicted molar refractivity (Wildman–Crippen MR) is 109 cm³/mol. The van der Waals surface area contributed by atoms with Crippen molar-refractivity contribution in [2.75, 3.05) is 18.6 Å². The molecule has 0 saturated heterocycles. The maximum Gasteiger partial charge on any atom is 0.260 e. The number of hydrogen-bond donors (Lipinski definition) is 3. The minimum Gasteiger partial charge on any atom is -0.382 e. The van der Waals surface area contributed by atoms with Crippen LogP contribution < -0.4 is 16.0 Å². The van der Waals surface area contributed by atoms with Crippen LogP contribution in [0.1, 0.15) is 39.7 Å². The summed E-state index contributed by atoms with van der Waals surface area (Å²) in [7, 11) is 1.88. The molecule has 4 N–H and O–H groups in total. The van der Waals surface area contributed by atoms with Gasteiger partial charge < -0.3 is 15.8 Å². The van der Waals surface area contributed by atoms with Gasteiger partial charge in [-0.1, -0.05) is 12.1 Å². The molecule has 1 amide bonds. The number of nitrogens with two attached hydrogens (primary N) is 1. The second-order valence-electron chi connectivity index (χ2n) is 6.36. The van der Waals surface area contributed by atoms with E-state index in [1.807, 2.05) is 20.0 Å². The Balaban J connectivity index is 1.97. The number of amidine groups is 1. The molecule has 1 aromatic carbocycles.